The molecule has 0 aliphatic heterocycles. The summed E-state index contributed by atoms with van der Waals surface area (Å²) in [5.41, 5.74) is 3.06. The molecule has 2 aromatic heterocycles. The molecule has 6 heteroatoms. The second-order valence-corrected chi connectivity index (χ2v) is 7.15. The van der Waals surface area contributed by atoms with Crippen molar-refractivity contribution in [3.8, 4) is 21.7 Å². The van der Waals surface area contributed by atoms with E-state index in [0.717, 1.165) is 33.1 Å². The molecule has 4 rings (SSSR count). The normalized spacial score (nSPS) is 10.8. The van der Waals surface area contributed by atoms with Crippen molar-refractivity contribution in [3.05, 3.63) is 65.8 Å². The number of aromatic nitrogens is 2. The molecule has 0 aliphatic carbocycles. The van der Waals surface area contributed by atoms with Gasteiger partial charge in [0, 0.05) is 11.8 Å². The van der Waals surface area contributed by atoms with E-state index in [1.54, 1.807) is 17.5 Å². The van der Waals surface area contributed by atoms with Gasteiger partial charge in [0.25, 0.3) is 0 Å². The fraction of sp³-hybridized carbons (Fsp3) is 0.100. The number of benzene rings is 2. The largest absolute Gasteiger partial charge is 0.241 e. The maximum Gasteiger partial charge on any atom is 0.206 e. The Morgan fingerprint density at radius 2 is 1.96 bits per heavy atom. The summed E-state index contributed by atoms with van der Waals surface area (Å²) in [6.45, 7) is 2.11. The van der Waals surface area contributed by atoms with Gasteiger partial charge in [0.05, 0.1) is 15.6 Å². The Balaban J connectivity index is 1.96. The highest BCUT2D eigenvalue weighted by Gasteiger charge is 2.16. The molecule has 0 atom stereocenters. The van der Waals surface area contributed by atoms with Crippen molar-refractivity contribution in [2.24, 2.45) is 4.36 Å². The summed E-state index contributed by atoms with van der Waals surface area (Å²) in [4.78, 5) is 10.1. The number of hydrogen-bond donors (Lipinski definition) is 0. The standard InChI is InChI=1S/C20H15N3OS2/c1-2-18-22-19(16-9-5-7-13-6-3-4-8-15(13)16)20(25-18)14-10-11-21-17(12-14)23-26-24/h3-12H,2H2,1H3. The third kappa shape index (κ3) is 3.09. The molecule has 0 radical (unpaired) electrons. The fourth-order valence-electron chi connectivity index (χ4n) is 2.97. The van der Waals surface area contributed by atoms with Crippen LogP contribution in [0.1, 0.15) is 11.9 Å². The molecule has 26 heavy (non-hydrogen) atoms. The Kier molecular flexibility index (Phi) is 4.69. The van der Waals surface area contributed by atoms with Crippen LogP contribution in [0.5, 0.6) is 0 Å². The molecule has 128 valence electrons. The highest BCUT2D eigenvalue weighted by Crippen LogP contribution is 2.40. The van der Waals surface area contributed by atoms with Crippen molar-refractivity contribution in [1.82, 2.24) is 9.97 Å². The molecule has 0 fully saturated rings. The lowest BCUT2D eigenvalue weighted by molar-refractivity contribution is 0.698. The molecule has 0 aliphatic rings. The monoisotopic (exact) mass is 377 g/mol. The van der Waals surface area contributed by atoms with E-state index in [0.29, 0.717) is 5.82 Å². The van der Waals surface area contributed by atoms with Crippen LogP contribution in [0.15, 0.2) is 65.2 Å². The van der Waals surface area contributed by atoms with Gasteiger partial charge in [-0.15, -0.1) is 15.7 Å². The molecule has 4 aromatic rings. The average Bonchev–Trinajstić information content (AvgIpc) is 3.12. The molecule has 0 unspecified atom stereocenters. The van der Waals surface area contributed by atoms with E-state index in [4.69, 9.17) is 4.98 Å². The van der Waals surface area contributed by atoms with E-state index in [9.17, 15) is 4.21 Å². The molecular formula is C20H15N3OS2. The summed E-state index contributed by atoms with van der Waals surface area (Å²) in [6.07, 6.45) is 2.56. The van der Waals surface area contributed by atoms with Gasteiger partial charge in [0.1, 0.15) is 0 Å². The van der Waals surface area contributed by atoms with E-state index in [-0.39, 0.29) is 11.5 Å². The van der Waals surface area contributed by atoms with Crippen molar-refractivity contribution in [2.45, 2.75) is 13.3 Å². The van der Waals surface area contributed by atoms with Gasteiger partial charge in [-0.1, -0.05) is 49.4 Å². The van der Waals surface area contributed by atoms with Crippen molar-refractivity contribution < 1.29 is 4.21 Å². The molecule has 0 bridgehead atoms. The van der Waals surface area contributed by atoms with Crippen LogP contribution in [-0.4, -0.2) is 14.2 Å². The lowest BCUT2D eigenvalue weighted by Gasteiger charge is -2.07. The molecule has 2 aromatic carbocycles. The zero-order valence-electron chi connectivity index (χ0n) is 14.0. The first kappa shape index (κ1) is 16.8. The average molecular weight is 377 g/mol. The topological polar surface area (TPSA) is 55.2 Å². The number of pyridine rings is 1. The van der Waals surface area contributed by atoms with Crippen molar-refractivity contribution in [3.63, 3.8) is 0 Å². The van der Waals surface area contributed by atoms with Crippen LogP contribution in [0, 0.1) is 0 Å². The zero-order chi connectivity index (χ0) is 17.9. The molecule has 2 heterocycles. The summed E-state index contributed by atoms with van der Waals surface area (Å²) < 4.78 is 14.5. The number of thiazole rings is 1. The predicted octanol–water partition coefficient (Wildman–Crippen LogP) is 5.62. The second-order valence-electron chi connectivity index (χ2n) is 5.73. The molecule has 0 N–H and O–H groups in total. The maximum absolute atomic E-state index is 10.7. The smallest absolute Gasteiger partial charge is 0.206 e. The first-order valence-corrected chi connectivity index (χ1v) is 9.76. The van der Waals surface area contributed by atoms with Gasteiger partial charge in [-0.05, 0) is 34.9 Å². The van der Waals surface area contributed by atoms with E-state index in [1.807, 2.05) is 24.3 Å². The van der Waals surface area contributed by atoms with Crippen LogP contribution in [0.25, 0.3) is 32.5 Å². The van der Waals surface area contributed by atoms with E-state index >= 15 is 0 Å². The van der Waals surface area contributed by atoms with Crippen LogP contribution in [0.4, 0.5) is 5.82 Å². The van der Waals surface area contributed by atoms with Gasteiger partial charge in [-0.25, -0.2) is 9.97 Å². The highest BCUT2D eigenvalue weighted by atomic mass is 32.1. The third-order valence-corrected chi connectivity index (χ3v) is 5.67. The van der Waals surface area contributed by atoms with Gasteiger partial charge in [0.2, 0.25) is 11.5 Å². The molecule has 0 saturated heterocycles. The van der Waals surface area contributed by atoms with Gasteiger partial charge in [-0.2, -0.15) is 4.21 Å². The number of hydrogen-bond acceptors (Lipinski definition) is 5. The van der Waals surface area contributed by atoms with E-state index < -0.39 is 0 Å². The molecular weight excluding hydrogens is 362 g/mol. The minimum atomic E-state index is 0.171. The van der Waals surface area contributed by atoms with Gasteiger partial charge < -0.3 is 0 Å². The summed E-state index contributed by atoms with van der Waals surface area (Å²) in [5, 5.41) is 3.45. The Bertz CT molecular complexity index is 1140. The Morgan fingerprint density at radius 3 is 2.81 bits per heavy atom. The lowest BCUT2D eigenvalue weighted by Crippen LogP contribution is -1.86. The van der Waals surface area contributed by atoms with Crippen LogP contribution in [0.2, 0.25) is 0 Å². The minimum Gasteiger partial charge on any atom is -0.241 e. The third-order valence-electron chi connectivity index (χ3n) is 4.16. The minimum absolute atomic E-state index is 0.171. The van der Waals surface area contributed by atoms with Gasteiger partial charge in [0.15, 0.2) is 5.82 Å². The summed E-state index contributed by atoms with van der Waals surface area (Å²) in [5.74, 6) is 0.429. The van der Waals surface area contributed by atoms with Crippen LogP contribution in [0.3, 0.4) is 0 Å². The van der Waals surface area contributed by atoms with Crippen LogP contribution >= 0.6 is 11.3 Å². The number of fused-ring (bicyclic) bond motifs is 1. The second kappa shape index (κ2) is 7.27. The molecule has 4 nitrogen and oxygen atoms in total. The van der Waals surface area contributed by atoms with Crippen LogP contribution in [-0.2, 0) is 17.9 Å². The first-order valence-electron chi connectivity index (χ1n) is 8.24. The van der Waals surface area contributed by atoms with Gasteiger partial charge in [-0.3, -0.25) is 0 Å². The predicted molar refractivity (Wildman–Crippen MR) is 108 cm³/mol. The quantitative estimate of drug-likeness (QED) is 0.464. The first-order chi connectivity index (χ1) is 12.8. The zero-order valence-corrected chi connectivity index (χ0v) is 15.7. The van der Waals surface area contributed by atoms with Crippen molar-refractivity contribution >= 4 is 39.4 Å². The Hall–Kier alpha value is -2.70. The fourth-order valence-corrected chi connectivity index (χ4v) is 4.16. The number of rotatable bonds is 4. The lowest BCUT2D eigenvalue weighted by atomic mass is 10.00. The Morgan fingerprint density at radius 1 is 1.12 bits per heavy atom. The van der Waals surface area contributed by atoms with Crippen molar-refractivity contribution in [1.29, 1.82) is 0 Å². The van der Waals surface area contributed by atoms with Crippen LogP contribution < -0.4 is 0 Å². The molecule has 0 saturated carbocycles. The maximum atomic E-state index is 10.7. The SMILES string of the molecule is CCc1nc(-c2cccc3ccccc23)c(-c2ccnc(N=S=O)c2)s1. The number of nitrogens with zero attached hydrogens (tertiary/aromatic N) is 3. The summed E-state index contributed by atoms with van der Waals surface area (Å²) in [6, 6.07) is 18.4. The Labute approximate surface area is 158 Å². The summed E-state index contributed by atoms with van der Waals surface area (Å²) >= 11 is 1.85. The summed E-state index contributed by atoms with van der Waals surface area (Å²) in [7, 11) is 0. The van der Waals surface area contributed by atoms with E-state index in [1.165, 1.54) is 10.8 Å². The molecule has 0 amide bonds. The number of aryl methyl sites for hydroxylation is 1. The van der Waals surface area contributed by atoms with E-state index in [2.05, 4.69) is 46.6 Å². The molecule has 0 spiro atoms. The highest BCUT2D eigenvalue weighted by molar-refractivity contribution is 7.54. The van der Waals surface area contributed by atoms with Gasteiger partial charge >= 0.3 is 0 Å². The van der Waals surface area contributed by atoms with Crippen molar-refractivity contribution in [2.75, 3.05) is 0 Å².